The molecule has 1 aromatic carbocycles. The van der Waals surface area contributed by atoms with Gasteiger partial charge in [0.05, 0.1) is 11.3 Å². The zero-order valence-electron chi connectivity index (χ0n) is 8.13. The lowest BCUT2D eigenvalue weighted by atomic mass is 10.2. The van der Waals surface area contributed by atoms with Gasteiger partial charge in [-0.1, -0.05) is 15.9 Å². The molecule has 0 fully saturated rings. The molecule has 1 N–H and O–H groups in total. The lowest BCUT2D eigenvalue weighted by Gasteiger charge is -2.07. The summed E-state index contributed by atoms with van der Waals surface area (Å²) >= 11 is 3.39. The van der Waals surface area contributed by atoms with E-state index in [1.54, 1.807) is 6.07 Å². The Morgan fingerprint density at radius 3 is 3.00 bits per heavy atom. The molecular formula is C11H10BrN3. The van der Waals surface area contributed by atoms with Crippen LogP contribution in [-0.2, 0) is 0 Å². The van der Waals surface area contributed by atoms with E-state index in [9.17, 15) is 0 Å². The van der Waals surface area contributed by atoms with Gasteiger partial charge in [-0.15, -0.1) is 0 Å². The lowest BCUT2D eigenvalue weighted by molar-refractivity contribution is 0.951. The molecule has 0 amide bonds. The number of nitriles is 1. The van der Waals surface area contributed by atoms with Gasteiger partial charge in [-0.25, -0.2) is 0 Å². The van der Waals surface area contributed by atoms with Crippen LogP contribution in [0, 0.1) is 11.3 Å². The van der Waals surface area contributed by atoms with E-state index in [1.807, 2.05) is 12.1 Å². The highest BCUT2D eigenvalue weighted by atomic mass is 79.9. The molecule has 0 aliphatic carbocycles. The van der Waals surface area contributed by atoms with Crippen molar-refractivity contribution in [2.75, 3.05) is 11.9 Å². The smallest absolute Gasteiger partial charge is 0.101 e. The predicted molar refractivity (Wildman–Crippen MR) is 64.0 cm³/mol. The van der Waals surface area contributed by atoms with Crippen LogP contribution in [0.2, 0.25) is 0 Å². The molecule has 1 aliphatic rings. The van der Waals surface area contributed by atoms with Crippen molar-refractivity contribution in [3.05, 3.63) is 28.2 Å². The summed E-state index contributed by atoms with van der Waals surface area (Å²) in [4.78, 5) is 4.32. The highest BCUT2D eigenvalue weighted by Gasteiger charge is 2.09. The van der Waals surface area contributed by atoms with Crippen molar-refractivity contribution < 1.29 is 0 Å². The van der Waals surface area contributed by atoms with E-state index >= 15 is 0 Å². The summed E-state index contributed by atoms with van der Waals surface area (Å²) in [5.74, 6) is 0.976. The van der Waals surface area contributed by atoms with Crippen molar-refractivity contribution in [2.24, 2.45) is 4.99 Å². The number of rotatable bonds is 1. The number of hydrogen-bond donors (Lipinski definition) is 1. The largest absolute Gasteiger partial charge is 0.343 e. The normalized spacial score (nSPS) is 14.5. The lowest BCUT2D eigenvalue weighted by Crippen LogP contribution is -2.09. The number of nitrogens with one attached hydrogen (secondary N) is 1. The fourth-order valence-electron chi connectivity index (χ4n) is 1.51. The van der Waals surface area contributed by atoms with E-state index < -0.39 is 0 Å². The van der Waals surface area contributed by atoms with E-state index in [0.717, 1.165) is 35.4 Å². The second kappa shape index (κ2) is 4.45. The van der Waals surface area contributed by atoms with Gasteiger partial charge < -0.3 is 5.32 Å². The first kappa shape index (κ1) is 10.2. The van der Waals surface area contributed by atoms with Crippen LogP contribution in [-0.4, -0.2) is 12.4 Å². The van der Waals surface area contributed by atoms with Crippen LogP contribution >= 0.6 is 15.9 Å². The Morgan fingerprint density at radius 1 is 1.47 bits per heavy atom. The van der Waals surface area contributed by atoms with Gasteiger partial charge in [0.1, 0.15) is 11.9 Å². The van der Waals surface area contributed by atoms with Crippen molar-refractivity contribution in [1.29, 1.82) is 5.26 Å². The summed E-state index contributed by atoms with van der Waals surface area (Å²) in [5.41, 5.74) is 1.47. The minimum atomic E-state index is 0.646. The van der Waals surface area contributed by atoms with Crippen molar-refractivity contribution in [3.63, 3.8) is 0 Å². The van der Waals surface area contributed by atoms with Gasteiger partial charge in [0.25, 0.3) is 0 Å². The standard InChI is InChI=1S/C11H10BrN3/c12-9-4-3-8(7-13)10(6-9)15-11-2-1-5-14-11/h3-4,6H,1-2,5H2,(H,14,15). The molecule has 0 radical (unpaired) electrons. The molecule has 0 saturated carbocycles. The Kier molecular flexibility index (Phi) is 3.02. The van der Waals surface area contributed by atoms with Crippen LogP contribution in [0.5, 0.6) is 0 Å². The Bertz CT molecular complexity index is 446. The Balaban J connectivity index is 2.26. The SMILES string of the molecule is N#Cc1ccc(Br)cc1NC1=NCCC1. The van der Waals surface area contributed by atoms with Gasteiger partial charge in [-0.3, -0.25) is 4.99 Å². The number of aliphatic imine (C=N–C) groups is 1. The summed E-state index contributed by atoms with van der Waals surface area (Å²) in [5, 5.41) is 12.1. The summed E-state index contributed by atoms with van der Waals surface area (Å²) in [7, 11) is 0. The van der Waals surface area contributed by atoms with E-state index in [-0.39, 0.29) is 0 Å². The zero-order valence-corrected chi connectivity index (χ0v) is 9.71. The fourth-order valence-corrected chi connectivity index (χ4v) is 1.88. The van der Waals surface area contributed by atoms with Gasteiger partial charge >= 0.3 is 0 Å². The molecule has 2 rings (SSSR count). The third-order valence-electron chi connectivity index (χ3n) is 2.26. The first-order valence-electron chi connectivity index (χ1n) is 4.79. The molecule has 0 unspecified atom stereocenters. The van der Waals surface area contributed by atoms with Crippen molar-refractivity contribution in [3.8, 4) is 6.07 Å². The third kappa shape index (κ3) is 2.37. The first-order chi connectivity index (χ1) is 7.29. The number of hydrogen-bond acceptors (Lipinski definition) is 3. The van der Waals surface area contributed by atoms with Crippen molar-refractivity contribution >= 4 is 27.5 Å². The van der Waals surface area contributed by atoms with E-state index in [0.29, 0.717) is 5.56 Å². The van der Waals surface area contributed by atoms with Crippen LogP contribution in [0.4, 0.5) is 5.69 Å². The Hall–Kier alpha value is -1.34. The van der Waals surface area contributed by atoms with E-state index in [1.165, 1.54) is 0 Å². The maximum atomic E-state index is 8.94. The molecule has 0 spiro atoms. The van der Waals surface area contributed by atoms with E-state index in [2.05, 4.69) is 32.3 Å². The number of anilines is 1. The average Bonchev–Trinajstić information content (AvgIpc) is 2.71. The summed E-state index contributed by atoms with van der Waals surface area (Å²) in [6.45, 7) is 0.887. The van der Waals surface area contributed by atoms with Crippen LogP contribution in [0.1, 0.15) is 18.4 Å². The second-order valence-electron chi connectivity index (χ2n) is 3.36. The maximum Gasteiger partial charge on any atom is 0.101 e. The number of amidine groups is 1. The molecule has 4 heteroatoms. The predicted octanol–water partition coefficient (Wildman–Crippen LogP) is 2.92. The quantitative estimate of drug-likeness (QED) is 0.847. The van der Waals surface area contributed by atoms with Gasteiger partial charge in [0.2, 0.25) is 0 Å². The molecule has 1 aliphatic heterocycles. The number of benzene rings is 1. The molecule has 3 nitrogen and oxygen atoms in total. The Morgan fingerprint density at radius 2 is 2.33 bits per heavy atom. The van der Waals surface area contributed by atoms with Gasteiger partial charge in [-0.05, 0) is 24.6 Å². The van der Waals surface area contributed by atoms with Crippen LogP contribution in [0.3, 0.4) is 0 Å². The average molecular weight is 264 g/mol. The van der Waals surface area contributed by atoms with Gasteiger partial charge in [0, 0.05) is 17.4 Å². The molecule has 0 aromatic heterocycles. The van der Waals surface area contributed by atoms with Crippen molar-refractivity contribution in [1.82, 2.24) is 0 Å². The molecule has 1 heterocycles. The summed E-state index contributed by atoms with van der Waals surface area (Å²) in [6.07, 6.45) is 2.07. The maximum absolute atomic E-state index is 8.94. The fraction of sp³-hybridized carbons (Fsp3) is 0.273. The molecule has 0 bridgehead atoms. The molecular weight excluding hydrogens is 254 g/mol. The molecule has 0 atom stereocenters. The first-order valence-corrected chi connectivity index (χ1v) is 5.59. The van der Waals surface area contributed by atoms with Crippen LogP contribution < -0.4 is 5.32 Å². The van der Waals surface area contributed by atoms with E-state index in [4.69, 9.17) is 5.26 Å². The molecule has 1 aromatic rings. The molecule has 0 saturated heterocycles. The van der Waals surface area contributed by atoms with Gasteiger partial charge in [-0.2, -0.15) is 5.26 Å². The highest BCUT2D eigenvalue weighted by molar-refractivity contribution is 9.10. The molecule has 76 valence electrons. The summed E-state index contributed by atoms with van der Waals surface area (Å²) < 4.78 is 0.961. The highest BCUT2D eigenvalue weighted by Crippen LogP contribution is 2.21. The Labute approximate surface area is 97.0 Å². The summed E-state index contributed by atoms with van der Waals surface area (Å²) in [6, 6.07) is 7.72. The number of halogens is 1. The monoisotopic (exact) mass is 263 g/mol. The third-order valence-corrected chi connectivity index (χ3v) is 2.75. The topological polar surface area (TPSA) is 48.2 Å². The van der Waals surface area contributed by atoms with Crippen LogP contribution in [0.25, 0.3) is 0 Å². The minimum Gasteiger partial charge on any atom is -0.343 e. The zero-order chi connectivity index (χ0) is 10.7. The number of nitrogens with zero attached hydrogens (tertiary/aromatic N) is 2. The second-order valence-corrected chi connectivity index (χ2v) is 4.27. The van der Waals surface area contributed by atoms with Crippen molar-refractivity contribution in [2.45, 2.75) is 12.8 Å². The van der Waals surface area contributed by atoms with Crippen LogP contribution in [0.15, 0.2) is 27.7 Å². The minimum absolute atomic E-state index is 0.646. The van der Waals surface area contributed by atoms with Gasteiger partial charge in [0.15, 0.2) is 0 Å². The molecule has 15 heavy (non-hydrogen) atoms.